The van der Waals surface area contributed by atoms with E-state index in [0.717, 1.165) is 6.07 Å². The van der Waals surface area contributed by atoms with Crippen molar-refractivity contribution in [1.82, 2.24) is 9.97 Å². The Hall–Kier alpha value is -3.03. The Morgan fingerprint density at radius 1 is 1.37 bits per heavy atom. The molecule has 0 radical (unpaired) electrons. The second-order valence-electron chi connectivity index (χ2n) is 3.60. The third-order valence-electron chi connectivity index (χ3n) is 2.33. The van der Waals surface area contributed by atoms with Crippen molar-refractivity contribution >= 4 is 11.7 Å². The highest BCUT2D eigenvalue weighted by molar-refractivity contribution is 5.86. The number of aromatic nitrogens is 2. The molecule has 1 heterocycles. The molecule has 0 unspecified atom stereocenters. The highest BCUT2D eigenvalue weighted by Gasteiger charge is 2.11. The van der Waals surface area contributed by atoms with Crippen molar-refractivity contribution in [1.29, 1.82) is 0 Å². The molecular formula is C11H7N3O5. The largest absolute Gasteiger partial charge is 0.477 e. The molecule has 0 aliphatic carbocycles. The summed E-state index contributed by atoms with van der Waals surface area (Å²) in [6.07, 6.45) is 0. The van der Waals surface area contributed by atoms with Gasteiger partial charge in [0.25, 0.3) is 5.69 Å². The van der Waals surface area contributed by atoms with Crippen LogP contribution in [0, 0.1) is 10.1 Å². The number of hydrogen-bond donors (Lipinski definition) is 2. The zero-order valence-corrected chi connectivity index (χ0v) is 9.36. The maximum absolute atomic E-state index is 11.2. The van der Waals surface area contributed by atoms with Gasteiger partial charge in [0.15, 0.2) is 0 Å². The van der Waals surface area contributed by atoms with Crippen LogP contribution in [0.2, 0.25) is 0 Å². The van der Waals surface area contributed by atoms with Crippen LogP contribution in [-0.4, -0.2) is 26.0 Å². The number of aromatic carboxylic acids is 1. The molecule has 96 valence electrons. The SMILES string of the molecule is O=C(O)c1cc(-c2cccc([N+](=O)[O-])c2)nc(=O)[nH]1. The number of carboxylic acids is 1. The molecule has 0 aliphatic heterocycles. The Morgan fingerprint density at radius 2 is 2.11 bits per heavy atom. The molecule has 0 spiro atoms. The van der Waals surface area contributed by atoms with Crippen molar-refractivity contribution in [3.8, 4) is 11.3 Å². The van der Waals surface area contributed by atoms with Gasteiger partial charge in [0.1, 0.15) is 5.69 Å². The van der Waals surface area contributed by atoms with E-state index in [1.165, 1.54) is 24.3 Å². The third kappa shape index (κ3) is 2.63. The number of aromatic amines is 1. The van der Waals surface area contributed by atoms with E-state index in [9.17, 15) is 19.7 Å². The lowest BCUT2D eigenvalue weighted by Crippen LogP contribution is -2.16. The average molecular weight is 261 g/mol. The molecule has 8 nitrogen and oxygen atoms in total. The number of carboxylic acid groups (broad SMARTS) is 1. The van der Waals surface area contributed by atoms with E-state index in [4.69, 9.17) is 5.11 Å². The van der Waals surface area contributed by atoms with Gasteiger partial charge < -0.3 is 5.11 Å². The van der Waals surface area contributed by atoms with Gasteiger partial charge in [-0.25, -0.2) is 9.59 Å². The molecule has 2 aromatic rings. The monoisotopic (exact) mass is 261 g/mol. The topological polar surface area (TPSA) is 126 Å². The van der Waals surface area contributed by atoms with Gasteiger partial charge in [0.2, 0.25) is 0 Å². The molecule has 0 atom stereocenters. The summed E-state index contributed by atoms with van der Waals surface area (Å²) >= 11 is 0. The lowest BCUT2D eigenvalue weighted by Gasteiger charge is -2.01. The van der Waals surface area contributed by atoms with Gasteiger partial charge in [-0.2, -0.15) is 4.98 Å². The molecule has 0 saturated heterocycles. The summed E-state index contributed by atoms with van der Waals surface area (Å²) in [6.45, 7) is 0. The van der Waals surface area contributed by atoms with Gasteiger partial charge in [-0.1, -0.05) is 12.1 Å². The minimum atomic E-state index is -1.31. The van der Waals surface area contributed by atoms with Crippen LogP contribution in [0.25, 0.3) is 11.3 Å². The van der Waals surface area contributed by atoms with E-state index >= 15 is 0 Å². The van der Waals surface area contributed by atoms with Gasteiger partial charge in [0, 0.05) is 17.7 Å². The quantitative estimate of drug-likeness (QED) is 0.627. The van der Waals surface area contributed by atoms with Crippen molar-refractivity contribution in [3.05, 3.63) is 56.6 Å². The predicted octanol–water partition coefficient (Wildman–Crippen LogP) is 1.04. The Morgan fingerprint density at radius 3 is 2.74 bits per heavy atom. The van der Waals surface area contributed by atoms with Crippen molar-refractivity contribution < 1.29 is 14.8 Å². The maximum atomic E-state index is 11.2. The number of nitrogens with one attached hydrogen (secondary N) is 1. The highest BCUT2D eigenvalue weighted by Crippen LogP contribution is 2.21. The Balaban J connectivity index is 2.58. The summed E-state index contributed by atoms with van der Waals surface area (Å²) in [6, 6.07) is 6.57. The van der Waals surface area contributed by atoms with Crippen molar-refractivity contribution in [2.45, 2.75) is 0 Å². The number of benzene rings is 1. The van der Waals surface area contributed by atoms with E-state index in [1.807, 2.05) is 0 Å². The first-order valence-electron chi connectivity index (χ1n) is 5.07. The molecule has 8 heteroatoms. The molecule has 0 saturated carbocycles. The van der Waals surface area contributed by atoms with E-state index in [1.54, 1.807) is 0 Å². The first-order chi connectivity index (χ1) is 8.97. The molecule has 0 bridgehead atoms. The fraction of sp³-hybridized carbons (Fsp3) is 0. The van der Waals surface area contributed by atoms with Gasteiger partial charge in [0.05, 0.1) is 10.6 Å². The van der Waals surface area contributed by atoms with Gasteiger partial charge in [-0.05, 0) is 6.07 Å². The third-order valence-corrected chi connectivity index (χ3v) is 2.33. The smallest absolute Gasteiger partial charge is 0.352 e. The summed E-state index contributed by atoms with van der Waals surface area (Å²) in [5.41, 5.74) is -0.980. The fourth-order valence-electron chi connectivity index (χ4n) is 1.50. The predicted molar refractivity (Wildman–Crippen MR) is 63.9 cm³/mol. The summed E-state index contributed by atoms with van der Waals surface area (Å²) in [5.74, 6) is -1.31. The molecule has 19 heavy (non-hydrogen) atoms. The summed E-state index contributed by atoms with van der Waals surface area (Å²) in [4.78, 5) is 37.8. The van der Waals surface area contributed by atoms with Gasteiger partial charge >= 0.3 is 11.7 Å². The number of rotatable bonds is 3. The van der Waals surface area contributed by atoms with Crippen LogP contribution in [0.15, 0.2) is 35.1 Å². The number of nitro groups is 1. The van der Waals surface area contributed by atoms with Gasteiger partial charge in [-0.3, -0.25) is 15.1 Å². The van der Waals surface area contributed by atoms with Crippen LogP contribution in [-0.2, 0) is 0 Å². The molecule has 2 rings (SSSR count). The number of nitrogens with zero attached hydrogens (tertiary/aromatic N) is 2. The summed E-state index contributed by atoms with van der Waals surface area (Å²) < 4.78 is 0. The van der Waals surface area contributed by atoms with E-state index in [-0.39, 0.29) is 17.1 Å². The lowest BCUT2D eigenvalue weighted by atomic mass is 10.1. The zero-order chi connectivity index (χ0) is 14.0. The lowest BCUT2D eigenvalue weighted by molar-refractivity contribution is -0.384. The molecule has 0 aliphatic rings. The standard InChI is InChI=1S/C11H7N3O5/c15-10(16)9-5-8(12-11(17)13-9)6-2-1-3-7(4-6)14(18)19/h1-5H,(H,15,16)(H,12,13,17). The molecule has 1 aromatic heterocycles. The molecule has 2 N–H and O–H groups in total. The fourth-order valence-corrected chi connectivity index (χ4v) is 1.50. The Bertz CT molecular complexity index is 722. The molecule has 0 fully saturated rings. The average Bonchev–Trinajstić information content (AvgIpc) is 2.38. The zero-order valence-electron chi connectivity index (χ0n) is 9.36. The summed E-state index contributed by atoms with van der Waals surface area (Å²) in [7, 11) is 0. The molecule has 1 aromatic carbocycles. The second kappa shape index (κ2) is 4.69. The van der Waals surface area contributed by atoms with Crippen LogP contribution in [0.4, 0.5) is 5.69 Å². The van der Waals surface area contributed by atoms with Crippen LogP contribution >= 0.6 is 0 Å². The van der Waals surface area contributed by atoms with Crippen molar-refractivity contribution in [2.24, 2.45) is 0 Å². The second-order valence-corrected chi connectivity index (χ2v) is 3.60. The highest BCUT2D eigenvalue weighted by atomic mass is 16.6. The minimum absolute atomic E-state index is 0.0600. The molecular weight excluding hydrogens is 254 g/mol. The van der Waals surface area contributed by atoms with Crippen molar-refractivity contribution in [2.75, 3.05) is 0 Å². The first-order valence-corrected chi connectivity index (χ1v) is 5.07. The van der Waals surface area contributed by atoms with E-state index < -0.39 is 16.6 Å². The van der Waals surface area contributed by atoms with Crippen LogP contribution in [0.3, 0.4) is 0 Å². The Labute approximate surface area is 105 Å². The van der Waals surface area contributed by atoms with Crippen LogP contribution in [0.5, 0.6) is 0 Å². The van der Waals surface area contributed by atoms with Crippen LogP contribution < -0.4 is 5.69 Å². The number of nitro benzene ring substituents is 1. The normalized spacial score (nSPS) is 10.1. The number of non-ortho nitro benzene ring substituents is 1. The van der Waals surface area contributed by atoms with Crippen molar-refractivity contribution in [3.63, 3.8) is 0 Å². The van der Waals surface area contributed by atoms with Crippen LogP contribution in [0.1, 0.15) is 10.5 Å². The summed E-state index contributed by atoms with van der Waals surface area (Å²) in [5, 5.41) is 19.5. The number of hydrogen-bond acceptors (Lipinski definition) is 5. The number of H-pyrrole nitrogens is 1. The Kier molecular flexibility index (Phi) is 3.06. The van der Waals surface area contributed by atoms with E-state index in [2.05, 4.69) is 9.97 Å². The first kappa shape index (κ1) is 12.4. The van der Waals surface area contributed by atoms with Gasteiger partial charge in [-0.15, -0.1) is 0 Å². The number of carbonyl (C=O) groups is 1. The molecule has 0 amide bonds. The van der Waals surface area contributed by atoms with E-state index in [0.29, 0.717) is 5.56 Å². The minimum Gasteiger partial charge on any atom is -0.477 e. The maximum Gasteiger partial charge on any atom is 0.352 e.